The van der Waals surface area contributed by atoms with Crippen LogP contribution in [0.2, 0.25) is 0 Å². The summed E-state index contributed by atoms with van der Waals surface area (Å²) < 4.78 is 1.76. The van der Waals surface area contributed by atoms with Gasteiger partial charge >= 0.3 is 0 Å². The number of carbonyl (C=O) groups excluding carboxylic acids is 2. The third kappa shape index (κ3) is 3.83. The maximum atomic E-state index is 12.5. The number of hydrogen-bond donors (Lipinski definition) is 2. The summed E-state index contributed by atoms with van der Waals surface area (Å²) in [4.78, 5) is 23.8. The van der Waals surface area contributed by atoms with E-state index in [9.17, 15) is 9.59 Å². The average molecular weight is 292 g/mol. The van der Waals surface area contributed by atoms with E-state index in [-0.39, 0.29) is 23.4 Å². The lowest BCUT2D eigenvalue weighted by atomic mass is 10.1. The number of nitrogens with one attached hydrogen (secondary N) is 2. The number of aryl methyl sites for hydroxylation is 1. The molecule has 6 nitrogen and oxygen atoms in total. The molecule has 0 bridgehead atoms. The molecule has 2 N–H and O–H groups in total. The second-order valence-corrected chi connectivity index (χ2v) is 6.60. The second-order valence-electron chi connectivity index (χ2n) is 6.60. The summed E-state index contributed by atoms with van der Waals surface area (Å²) in [6, 6.07) is 1.83. The van der Waals surface area contributed by atoms with Crippen molar-refractivity contribution in [1.29, 1.82) is 0 Å². The molecule has 116 valence electrons. The van der Waals surface area contributed by atoms with Crippen LogP contribution in [-0.2, 0) is 10.3 Å². The monoisotopic (exact) mass is 292 g/mol. The molecule has 1 aliphatic rings. The fourth-order valence-electron chi connectivity index (χ4n) is 2.50. The van der Waals surface area contributed by atoms with Gasteiger partial charge in [0, 0.05) is 19.0 Å². The number of carbonyl (C=O) groups is 2. The highest BCUT2D eigenvalue weighted by molar-refractivity contribution is 5.93. The molecule has 2 amide bonds. The average Bonchev–Trinajstić information content (AvgIpc) is 2.67. The Bertz CT molecular complexity index is 542. The predicted molar refractivity (Wildman–Crippen MR) is 80.1 cm³/mol. The normalized spacial score (nSPS) is 19.8. The second kappa shape index (κ2) is 5.87. The van der Waals surface area contributed by atoms with Gasteiger partial charge in [-0.1, -0.05) is 0 Å². The van der Waals surface area contributed by atoms with E-state index in [1.54, 1.807) is 10.7 Å². The van der Waals surface area contributed by atoms with Gasteiger partial charge in [0.05, 0.1) is 11.2 Å². The Balaban J connectivity index is 2.12. The van der Waals surface area contributed by atoms with Gasteiger partial charge in [-0.05, 0) is 46.6 Å². The molecule has 1 fully saturated rings. The van der Waals surface area contributed by atoms with Crippen LogP contribution >= 0.6 is 0 Å². The van der Waals surface area contributed by atoms with Crippen molar-refractivity contribution < 1.29 is 9.59 Å². The topological polar surface area (TPSA) is 76.0 Å². The Morgan fingerprint density at radius 2 is 2.14 bits per heavy atom. The van der Waals surface area contributed by atoms with Crippen molar-refractivity contribution in [3.63, 3.8) is 0 Å². The molecule has 21 heavy (non-hydrogen) atoms. The van der Waals surface area contributed by atoms with Gasteiger partial charge in [0.1, 0.15) is 5.69 Å². The molecule has 2 rings (SSSR count). The van der Waals surface area contributed by atoms with Crippen LogP contribution in [0.4, 0.5) is 0 Å². The molecule has 0 aliphatic carbocycles. The maximum absolute atomic E-state index is 12.5. The first-order chi connectivity index (χ1) is 9.77. The van der Waals surface area contributed by atoms with E-state index in [0.717, 1.165) is 12.1 Å². The van der Waals surface area contributed by atoms with Gasteiger partial charge in [0.15, 0.2) is 0 Å². The van der Waals surface area contributed by atoms with Gasteiger partial charge in [-0.2, -0.15) is 5.10 Å². The van der Waals surface area contributed by atoms with Crippen LogP contribution in [0.3, 0.4) is 0 Å². The first-order valence-electron chi connectivity index (χ1n) is 7.42. The SMILES string of the molecule is Cc1cc(C(=O)NC2CCNC(=O)CC2)n(C(C)(C)C)n1. The summed E-state index contributed by atoms with van der Waals surface area (Å²) in [6.45, 7) is 8.55. The minimum absolute atomic E-state index is 0.0278. The molecule has 1 atom stereocenters. The summed E-state index contributed by atoms with van der Waals surface area (Å²) in [6.07, 6.45) is 1.91. The lowest BCUT2D eigenvalue weighted by Crippen LogP contribution is -2.38. The van der Waals surface area contributed by atoms with Crippen LogP contribution in [0.15, 0.2) is 6.07 Å². The van der Waals surface area contributed by atoms with Crippen molar-refractivity contribution in [3.05, 3.63) is 17.5 Å². The summed E-state index contributed by atoms with van der Waals surface area (Å²) >= 11 is 0. The molecular formula is C15H24N4O2. The van der Waals surface area contributed by atoms with Gasteiger partial charge in [-0.25, -0.2) is 0 Å². The molecule has 6 heteroatoms. The van der Waals surface area contributed by atoms with Crippen LogP contribution in [-0.4, -0.2) is 34.2 Å². The minimum atomic E-state index is -0.248. The van der Waals surface area contributed by atoms with Crippen molar-refractivity contribution in [2.45, 2.75) is 58.5 Å². The van der Waals surface area contributed by atoms with E-state index in [4.69, 9.17) is 0 Å². The van der Waals surface area contributed by atoms with Gasteiger partial charge < -0.3 is 10.6 Å². The Morgan fingerprint density at radius 1 is 1.43 bits per heavy atom. The van der Waals surface area contributed by atoms with E-state index in [2.05, 4.69) is 15.7 Å². The molecule has 0 aromatic carbocycles. The predicted octanol–water partition coefficient (Wildman–Crippen LogP) is 1.35. The van der Waals surface area contributed by atoms with Crippen LogP contribution < -0.4 is 10.6 Å². The Kier molecular flexibility index (Phi) is 4.34. The van der Waals surface area contributed by atoms with E-state index >= 15 is 0 Å². The Hall–Kier alpha value is -1.85. The third-order valence-corrected chi connectivity index (χ3v) is 3.57. The van der Waals surface area contributed by atoms with Crippen LogP contribution in [0.5, 0.6) is 0 Å². The number of nitrogens with zero attached hydrogens (tertiary/aromatic N) is 2. The lowest BCUT2D eigenvalue weighted by molar-refractivity contribution is -0.120. The zero-order valence-electron chi connectivity index (χ0n) is 13.2. The number of aromatic nitrogens is 2. The minimum Gasteiger partial charge on any atom is -0.356 e. The van der Waals surface area contributed by atoms with Crippen LogP contribution in [0, 0.1) is 6.92 Å². The fraction of sp³-hybridized carbons (Fsp3) is 0.667. The quantitative estimate of drug-likeness (QED) is 0.864. The molecule has 0 radical (unpaired) electrons. The standard InChI is InChI=1S/C15H24N4O2/c1-10-9-12(19(18-10)15(2,3)4)14(21)17-11-5-6-13(20)16-8-7-11/h9,11H,5-8H2,1-4H3,(H,16,20)(H,17,21). The molecule has 0 saturated carbocycles. The van der Waals surface area contributed by atoms with Crippen molar-refractivity contribution in [2.75, 3.05) is 6.54 Å². The summed E-state index contributed by atoms with van der Waals surface area (Å²) in [5, 5.41) is 10.3. The van der Waals surface area contributed by atoms with Gasteiger partial charge in [-0.3, -0.25) is 14.3 Å². The van der Waals surface area contributed by atoms with Gasteiger partial charge in [0.25, 0.3) is 5.91 Å². The lowest BCUT2D eigenvalue weighted by Gasteiger charge is -2.23. The Morgan fingerprint density at radius 3 is 2.81 bits per heavy atom. The van der Waals surface area contributed by atoms with Crippen molar-refractivity contribution in [2.24, 2.45) is 0 Å². The summed E-state index contributed by atoms with van der Waals surface area (Å²) in [7, 11) is 0. The molecule has 1 saturated heterocycles. The van der Waals surface area contributed by atoms with E-state index < -0.39 is 0 Å². The molecule has 1 aromatic heterocycles. The number of amides is 2. The highest BCUT2D eigenvalue weighted by atomic mass is 16.2. The molecule has 1 unspecified atom stereocenters. The zero-order valence-corrected chi connectivity index (χ0v) is 13.2. The van der Waals surface area contributed by atoms with Crippen LogP contribution in [0.1, 0.15) is 56.2 Å². The third-order valence-electron chi connectivity index (χ3n) is 3.57. The number of hydrogen-bond acceptors (Lipinski definition) is 3. The van der Waals surface area contributed by atoms with Gasteiger partial charge in [-0.15, -0.1) is 0 Å². The molecule has 1 aromatic rings. The maximum Gasteiger partial charge on any atom is 0.269 e. The zero-order chi connectivity index (χ0) is 15.6. The van der Waals surface area contributed by atoms with E-state index in [1.807, 2.05) is 27.7 Å². The van der Waals surface area contributed by atoms with E-state index in [1.165, 1.54) is 0 Å². The first-order valence-corrected chi connectivity index (χ1v) is 7.42. The van der Waals surface area contributed by atoms with E-state index in [0.29, 0.717) is 25.1 Å². The van der Waals surface area contributed by atoms with Crippen molar-refractivity contribution >= 4 is 11.8 Å². The largest absolute Gasteiger partial charge is 0.356 e. The number of rotatable bonds is 2. The molecular weight excluding hydrogens is 268 g/mol. The highest BCUT2D eigenvalue weighted by Gasteiger charge is 2.25. The molecule has 1 aliphatic heterocycles. The van der Waals surface area contributed by atoms with Crippen molar-refractivity contribution in [3.8, 4) is 0 Å². The van der Waals surface area contributed by atoms with Crippen LogP contribution in [0.25, 0.3) is 0 Å². The van der Waals surface area contributed by atoms with Crippen molar-refractivity contribution in [1.82, 2.24) is 20.4 Å². The summed E-state index contributed by atoms with van der Waals surface area (Å²) in [5.74, 6) is -0.0628. The fourth-order valence-corrected chi connectivity index (χ4v) is 2.50. The molecule has 0 spiro atoms. The highest BCUT2D eigenvalue weighted by Crippen LogP contribution is 2.18. The Labute approximate surface area is 125 Å². The smallest absolute Gasteiger partial charge is 0.269 e. The van der Waals surface area contributed by atoms with Gasteiger partial charge in [0.2, 0.25) is 5.91 Å². The first kappa shape index (κ1) is 15.5. The summed E-state index contributed by atoms with van der Waals surface area (Å²) in [5.41, 5.74) is 1.15. The molecule has 2 heterocycles.